The van der Waals surface area contributed by atoms with E-state index in [1.165, 1.54) is 24.4 Å². The molecule has 0 bridgehead atoms. The normalized spacial score (nSPS) is 11.1. The molecule has 2 rings (SSSR count). The molecule has 0 radical (unpaired) electrons. The molecule has 1 aromatic carbocycles. The molecular weight excluding hydrogens is 286 g/mol. The van der Waals surface area contributed by atoms with E-state index < -0.39 is 12.0 Å². The Kier molecular flexibility index (Phi) is 6.91. The van der Waals surface area contributed by atoms with Crippen LogP contribution in [0.1, 0.15) is 31.1 Å². The molecule has 0 unspecified atom stereocenters. The molecule has 0 aliphatic rings. The van der Waals surface area contributed by atoms with Crippen LogP contribution >= 0.6 is 0 Å². The Morgan fingerprint density at radius 3 is 2.73 bits per heavy atom. The summed E-state index contributed by atoms with van der Waals surface area (Å²) >= 11 is 0. The summed E-state index contributed by atoms with van der Waals surface area (Å²) in [6.45, 7) is 5.51. The molecule has 0 spiro atoms. The molecule has 22 heavy (non-hydrogen) atoms. The van der Waals surface area contributed by atoms with E-state index in [4.69, 9.17) is 9.84 Å². The third-order valence-corrected chi connectivity index (χ3v) is 2.50. The van der Waals surface area contributed by atoms with E-state index in [1.54, 1.807) is 13.0 Å². The summed E-state index contributed by atoms with van der Waals surface area (Å²) in [5.74, 6) is 0.250. The van der Waals surface area contributed by atoms with Crippen LogP contribution in [0.25, 0.3) is 0 Å². The number of aromatic hydroxyl groups is 1. The van der Waals surface area contributed by atoms with E-state index in [-0.39, 0.29) is 17.9 Å². The lowest BCUT2D eigenvalue weighted by molar-refractivity contribution is 0.102. The van der Waals surface area contributed by atoms with Crippen LogP contribution < -0.4 is 10.1 Å². The van der Waals surface area contributed by atoms with Crippen molar-refractivity contribution in [2.24, 2.45) is 0 Å². The van der Waals surface area contributed by atoms with Crippen LogP contribution in [0.3, 0.4) is 0 Å². The fraction of sp³-hybridized carbons (Fsp3) is 0.333. The second kappa shape index (κ2) is 8.68. The summed E-state index contributed by atoms with van der Waals surface area (Å²) in [6, 6.07) is 5.78. The van der Waals surface area contributed by atoms with Crippen LogP contribution in [0.15, 0.2) is 30.5 Å². The van der Waals surface area contributed by atoms with Crippen molar-refractivity contribution >= 4 is 11.7 Å². The van der Waals surface area contributed by atoms with Crippen LogP contribution in [-0.4, -0.2) is 39.0 Å². The average molecular weight is 307 g/mol. The minimum absolute atomic E-state index is 0.0950. The van der Waals surface area contributed by atoms with E-state index in [1.807, 2.05) is 13.8 Å². The number of aromatic nitrogens is 2. The highest BCUT2D eigenvalue weighted by Gasteiger charge is 2.11. The Morgan fingerprint density at radius 2 is 2.14 bits per heavy atom. The maximum Gasteiger partial charge on any atom is 0.257 e. The van der Waals surface area contributed by atoms with E-state index in [9.17, 15) is 9.90 Å². The van der Waals surface area contributed by atoms with Gasteiger partial charge in [0.05, 0.1) is 12.8 Å². The molecule has 7 heteroatoms. The Bertz CT molecular complexity index is 584. The van der Waals surface area contributed by atoms with Crippen molar-refractivity contribution in [3.63, 3.8) is 0 Å². The number of aliphatic hydroxyl groups excluding tert-OH is 1. The third kappa shape index (κ3) is 5.10. The molecule has 4 N–H and O–H groups in total. The summed E-state index contributed by atoms with van der Waals surface area (Å²) < 4.78 is 5.36. The average Bonchev–Trinajstić information content (AvgIpc) is 3.01. The number of H-pyrrole nitrogens is 1. The number of hydrogen-bond acceptors (Lipinski definition) is 5. The number of aliphatic hydroxyl groups is 1. The van der Waals surface area contributed by atoms with Crippen LogP contribution in [0.2, 0.25) is 0 Å². The minimum Gasteiger partial charge on any atom is -0.508 e. The van der Waals surface area contributed by atoms with Crippen molar-refractivity contribution in [2.45, 2.75) is 26.9 Å². The summed E-state index contributed by atoms with van der Waals surface area (Å²) in [7, 11) is 0. The number of carbonyl (C=O) groups is 1. The van der Waals surface area contributed by atoms with Gasteiger partial charge < -0.3 is 20.3 Å². The standard InChI is InChI=1S/C13H15N3O4.C2H6/c1-8(7-17)20-11-5-9(4-10(18)6-11)13(19)15-12-2-3-14-16-12;1-2/h2-6,8,17-18H,7H2,1H3,(H2,14,15,16,19);1-2H3/t8-;/m0./s1. The number of aromatic amines is 1. The van der Waals surface area contributed by atoms with E-state index >= 15 is 0 Å². The summed E-state index contributed by atoms with van der Waals surface area (Å²) in [4.78, 5) is 12.0. The molecule has 1 aromatic heterocycles. The molecule has 1 amide bonds. The quantitative estimate of drug-likeness (QED) is 0.677. The highest BCUT2D eigenvalue weighted by atomic mass is 16.5. The number of nitrogens with one attached hydrogen (secondary N) is 2. The first-order valence-electron chi connectivity index (χ1n) is 7.01. The van der Waals surface area contributed by atoms with Crippen LogP contribution in [-0.2, 0) is 0 Å². The zero-order chi connectivity index (χ0) is 16.5. The molecule has 0 fully saturated rings. The van der Waals surface area contributed by atoms with Gasteiger partial charge in [-0.05, 0) is 19.1 Å². The Balaban J connectivity index is 0.00000116. The summed E-state index contributed by atoms with van der Waals surface area (Å²) in [6.07, 6.45) is 1.08. The van der Waals surface area contributed by atoms with Gasteiger partial charge in [-0.15, -0.1) is 0 Å². The first-order valence-corrected chi connectivity index (χ1v) is 7.01. The predicted molar refractivity (Wildman–Crippen MR) is 83.2 cm³/mol. The number of hydrogen-bond donors (Lipinski definition) is 4. The number of ether oxygens (including phenoxy) is 1. The topological polar surface area (TPSA) is 107 Å². The van der Waals surface area contributed by atoms with Crippen molar-refractivity contribution < 1.29 is 19.7 Å². The molecule has 7 nitrogen and oxygen atoms in total. The highest BCUT2D eigenvalue weighted by Crippen LogP contribution is 2.23. The SMILES string of the molecule is CC.C[C@@H](CO)Oc1cc(O)cc(C(=O)Nc2ccn[nH]2)c1. The van der Waals surface area contributed by atoms with Crippen LogP contribution in [0.4, 0.5) is 5.82 Å². The molecule has 1 heterocycles. The molecule has 1 atom stereocenters. The van der Waals surface area contributed by atoms with Gasteiger partial charge in [-0.25, -0.2) is 0 Å². The molecule has 0 saturated heterocycles. The molecule has 0 aliphatic heterocycles. The predicted octanol–water partition coefficient (Wildman–Crippen LogP) is 2.15. The number of anilines is 1. The molecule has 120 valence electrons. The second-order valence-electron chi connectivity index (χ2n) is 4.25. The van der Waals surface area contributed by atoms with Gasteiger partial charge in [0.15, 0.2) is 0 Å². The number of nitrogens with zero attached hydrogens (tertiary/aromatic N) is 1. The fourth-order valence-electron chi connectivity index (χ4n) is 1.57. The number of benzene rings is 1. The highest BCUT2D eigenvalue weighted by molar-refractivity contribution is 6.04. The lowest BCUT2D eigenvalue weighted by atomic mass is 10.2. The van der Waals surface area contributed by atoms with E-state index in [2.05, 4.69) is 15.5 Å². The largest absolute Gasteiger partial charge is 0.508 e. The molecule has 2 aromatic rings. The number of phenols is 1. The lowest BCUT2D eigenvalue weighted by Gasteiger charge is -2.13. The van der Waals surface area contributed by atoms with Gasteiger partial charge in [-0.3, -0.25) is 9.89 Å². The molecular formula is C15H21N3O4. The smallest absolute Gasteiger partial charge is 0.257 e. The first kappa shape index (κ1) is 17.5. The zero-order valence-electron chi connectivity index (χ0n) is 12.8. The van der Waals surface area contributed by atoms with Gasteiger partial charge >= 0.3 is 0 Å². The Morgan fingerprint density at radius 1 is 1.41 bits per heavy atom. The van der Waals surface area contributed by atoms with Gasteiger partial charge in [0, 0.05) is 17.7 Å². The van der Waals surface area contributed by atoms with Crippen LogP contribution in [0.5, 0.6) is 11.5 Å². The maximum atomic E-state index is 12.0. The summed E-state index contributed by atoms with van der Waals surface area (Å²) in [5, 5.41) is 27.4. The maximum absolute atomic E-state index is 12.0. The van der Waals surface area contributed by atoms with Gasteiger partial charge in [0.2, 0.25) is 0 Å². The first-order chi connectivity index (χ1) is 10.6. The van der Waals surface area contributed by atoms with Crippen molar-refractivity contribution in [2.75, 3.05) is 11.9 Å². The number of carbonyl (C=O) groups excluding carboxylic acids is 1. The fourth-order valence-corrected chi connectivity index (χ4v) is 1.57. The zero-order valence-corrected chi connectivity index (χ0v) is 12.8. The van der Waals surface area contributed by atoms with E-state index in [0.29, 0.717) is 11.6 Å². The van der Waals surface area contributed by atoms with E-state index in [0.717, 1.165) is 0 Å². The molecule has 0 aliphatic carbocycles. The number of rotatable bonds is 5. The van der Waals surface area contributed by atoms with Gasteiger partial charge in [0.1, 0.15) is 23.4 Å². The van der Waals surface area contributed by atoms with Crippen molar-refractivity contribution in [3.8, 4) is 11.5 Å². The second-order valence-corrected chi connectivity index (χ2v) is 4.25. The number of amides is 1. The van der Waals surface area contributed by atoms with Gasteiger partial charge in [-0.1, -0.05) is 13.8 Å². The van der Waals surface area contributed by atoms with Crippen molar-refractivity contribution in [1.82, 2.24) is 10.2 Å². The van der Waals surface area contributed by atoms with Gasteiger partial charge in [-0.2, -0.15) is 5.10 Å². The lowest BCUT2D eigenvalue weighted by Crippen LogP contribution is -2.17. The third-order valence-electron chi connectivity index (χ3n) is 2.50. The van der Waals surface area contributed by atoms with Crippen molar-refractivity contribution in [3.05, 3.63) is 36.0 Å². The minimum atomic E-state index is -0.430. The van der Waals surface area contributed by atoms with Crippen LogP contribution in [0, 0.1) is 0 Å². The summed E-state index contributed by atoms with van der Waals surface area (Å²) in [5.41, 5.74) is 0.236. The monoisotopic (exact) mass is 307 g/mol. The Hall–Kier alpha value is -2.54. The van der Waals surface area contributed by atoms with Gasteiger partial charge in [0.25, 0.3) is 5.91 Å². The van der Waals surface area contributed by atoms with Crippen molar-refractivity contribution in [1.29, 1.82) is 0 Å². The Labute approximate surface area is 128 Å². The molecule has 0 saturated carbocycles. The number of phenolic OH excluding ortho intramolecular Hbond substituents is 1.